The summed E-state index contributed by atoms with van der Waals surface area (Å²) in [5.74, 6) is -0.443. The first-order valence-electron chi connectivity index (χ1n) is 7.97. The maximum atomic E-state index is 13.1. The highest BCUT2D eigenvalue weighted by molar-refractivity contribution is 7.89. The van der Waals surface area contributed by atoms with Crippen LogP contribution < -0.4 is 0 Å². The van der Waals surface area contributed by atoms with Gasteiger partial charge < -0.3 is 10.2 Å². The van der Waals surface area contributed by atoms with Crippen LogP contribution in [0.1, 0.15) is 17.5 Å². The fourth-order valence-corrected chi connectivity index (χ4v) is 4.50. The van der Waals surface area contributed by atoms with Crippen LogP contribution in [0.2, 0.25) is 0 Å². The van der Waals surface area contributed by atoms with E-state index in [9.17, 15) is 23.0 Å². The Kier molecular flexibility index (Phi) is 4.68. The molecule has 0 aromatic heterocycles. The van der Waals surface area contributed by atoms with Gasteiger partial charge in [0.2, 0.25) is 10.0 Å². The SMILES string of the molecule is Cc1ccc(S(=O)(=O)N2CC[C@@](O)(c3ccc(F)cc3)[C@@H](O)C2)cc1. The lowest BCUT2D eigenvalue weighted by Crippen LogP contribution is -2.54. The Morgan fingerprint density at radius 3 is 2.28 bits per heavy atom. The molecule has 7 heteroatoms. The van der Waals surface area contributed by atoms with Crippen molar-refractivity contribution in [2.24, 2.45) is 0 Å². The Labute approximate surface area is 146 Å². The highest BCUT2D eigenvalue weighted by Gasteiger charge is 2.45. The topological polar surface area (TPSA) is 77.8 Å². The standard InChI is InChI=1S/C18H20FNO4S/c1-13-2-8-16(9-3-13)25(23,24)20-11-10-18(22,17(21)12-20)14-4-6-15(19)7-5-14/h2-9,17,21-22H,10-12H2,1H3/t17-,18+/m0/s1. The molecule has 2 aromatic rings. The minimum Gasteiger partial charge on any atom is -0.388 e. The smallest absolute Gasteiger partial charge is 0.243 e. The van der Waals surface area contributed by atoms with E-state index in [4.69, 9.17) is 0 Å². The van der Waals surface area contributed by atoms with Crippen molar-refractivity contribution in [1.82, 2.24) is 4.31 Å². The third-order valence-corrected chi connectivity index (χ3v) is 6.55. The quantitative estimate of drug-likeness (QED) is 0.869. The van der Waals surface area contributed by atoms with Gasteiger partial charge in [-0.05, 0) is 43.2 Å². The van der Waals surface area contributed by atoms with E-state index < -0.39 is 27.5 Å². The molecule has 1 saturated heterocycles. The number of β-amino-alcohol motifs (C(OH)–C–C–N with tert-alkyl or cyclic N) is 1. The van der Waals surface area contributed by atoms with Crippen LogP contribution in [0.5, 0.6) is 0 Å². The molecule has 2 atom stereocenters. The Morgan fingerprint density at radius 1 is 1.12 bits per heavy atom. The minimum atomic E-state index is -3.75. The average Bonchev–Trinajstić information content (AvgIpc) is 2.58. The predicted octanol–water partition coefficient (Wildman–Crippen LogP) is 1.78. The van der Waals surface area contributed by atoms with Gasteiger partial charge in [0.1, 0.15) is 17.5 Å². The summed E-state index contributed by atoms with van der Waals surface area (Å²) in [5.41, 5.74) is -0.287. The lowest BCUT2D eigenvalue weighted by molar-refractivity contribution is -0.112. The fourth-order valence-electron chi connectivity index (χ4n) is 3.05. The molecule has 0 radical (unpaired) electrons. The van der Waals surface area contributed by atoms with E-state index in [1.165, 1.54) is 40.7 Å². The number of hydrogen-bond donors (Lipinski definition) is 2. The summed E-state index contributed by atoms with van der Waals surface area (Å²) in [5, 5.41) is 21.2. The molecule has 2 N–H and O–H groups in total. The number of benzene rings is 2. The molecule has 0 unspecified atom stereocenters. The summed E-state index contributed by atoms with van der Waals surface area (Å²) in [6.45, 7) is 1.69. The second kappa shape index (κ2) is 6.49. The van der Waals surface area contributed by atoms with Crippen LogP contribution in [0, 0.1) is 12.7 Å². The van der Waals surface area contributed by atoms with Crippen molar-refractivity contribution in [3.8, 4) is 0 Å². The van der Waals surface area contributed by atoms with Crippen molar-refractivity contribution in [3.05, 3.63) is 65.5 Å². The Balaban J connectivity index is 1.83. The summed E-state index contributed by atoms with van der Waals surface area (Å²) in [7, 11) is -3.75. The summed E-state index contributed by atoms with van der Waals surface area (Å²) in [6.07, 6.45) is -1.29. The summed E-state index contributed by atoms with van der Waals surface area (Å²) in [4.78, 5) is 0.150. The van der Waals surface area contributed by atoms with Gasteiger partial charge in [0.15, 0.2) is 0 Å². The minimum absolute atomic E-state index is 0.0187. The molecule has 1 aliphatic rings. The second-order valence-corrected chi connectivity index (χ2v) is 8.31. The molecule has 0 bridgehead atoms. The monoisotopic (exact) mass is 365 g/mol. The van der Waals surface area contributed by atoms with E-state index in [1.807, 2.05) is 6.92 Å². The van der Waals surface area contributed by atoms with Crippen LogP contribution in [-0.4, -0.2) is 42.1 Å². The lowest BCUT2D eigenvalue weighted by atomic mass is 9.83. The van der Waals surface area contributed by atoms with Gasteiger partial charge in [-0.2, -0.15) is 4.31 Å². The number of piperidine rings is 1. The third-order valence-electron chi connectivity index (χ3n) is 4.67. The largest absolute Gasteiger partial charge is 0.388 e. The average molecular weight is 365 g/mol. The Bertz CT molecular complexity index is 852. The van der Waals surface area contributed by atoms with Gasteiger partial charge in [-0.25, -0.2) is 12.8 Å². The van der Waals surface area contributed by atoms with Crippen molar-refractivity contribution in [2.45, 2.75) is 29.9 Å². The lowest BCUT2D eigenvalue weighted by Gasteiger charge is -2.41. The second-order valence-electron chi connectivity index (χ2n) is 6.37. The zero-order valence-electron chi connectivity index (χ0n) is 13.8. The molecule has 0 amide bonds. The molecule has 1 fully saturated rings. The van der Waals surface area contributed by atoms with Crippen LogP contribution in [0.3, 0.4) is 0 Å². The zero-order chi connectivity index (χ0) is 18.2. The molecular formula is C18H20FNO4S. The highest BCUT2D eigenvalue weighted by atomic mass is 32.2. The van der Waals surface area contributed by atoms with Gasteiger partial charge in [-0.1, -0.05) is 29.8 Å². The summed E-state index contributed by atoms with van der Waals surface area (Å²) < 4.78 is 39.7. The molecule has 5 nitrogen and oxygen atoms in total. The highest BCUT2D eigenvalue weighted by Crippen LogP contribution is 2.35. The van der Waals surface area contributed by atoms with E-state index in [0.717, 1.165) is 5.56 Å². The molecule has 25 heavy (non-hydrogen) atoms. The normalized spacial score (nSPS) is 25.0. The van der Waals surface area contributed by atoms with Gasteiger partial charge in [0.25, 0.3) is 0 Å². The van der Waals surface area contributed by atoms with E-state index in [2.05, 4.69) is 0 Å². The number of sulfonamides is 1. The van der Waals surface area contributed by atoms with E-state index in [-0.39, 0.29) is 24.4 Å². The Morgan fingerprint density at radius 2 is 1.72 bits per heavy atom. The number of aliphatic hydroxyl groups is 2. The zero-order valence-corrected chi connectivity index (χ0v) is 14.6. The van der Waals surface area contributed by atoms with E-state index in [0.29, 0.717) is 5.56 Å². The van der Waals surface area contributed by atoms with Gasteiger partial charge in [0.05, 0.1) is 4.90 Å². The van der Waals surface area contributed by atoms with E-state index in [1.54, 1.807) is 12.1 Å². The summed E-state index contributed by atoms with van der Waals surface area (Å²) in [6, 6.07) is 11.7. The first kappa shape index (κ1) is 18.0. The van der Waals surface area contributed by atoms with Gasteiger partial charge >= 0.3 is 0 Å². The van der Waals surface area contributed by atoms with Crippen molar-refractivity contribution < 1.29 is 23.0 Å². The van der Waals surface area contributed by atoms with Crippen LogP contribution in [0.25, 0.3) is 0 Å². The molecule has 0 spiro atoms. The van der Waals surface area contributed by atoms with Crippen LogP contribution in [0.15, 0.2) is 53.4 Å². The maximum absolute atomic E-state index is 13.1. The number of aryl methyl sites for hydroxylation is 1. The van der Waals surface area contributed by atoms with Crippen molar-refractivity contribution in [3.63, 3.8) is 0 Å². The number of rotatable bonds is 3. The van der Waals surface area contributed by atoms with Crippen molar-refractivity contribution in [1.29, 1.82) is 0 Å². The molecule has 2 aromatic carbocycles. The molecule has 1 heterocycles. The summed E-state index contributed by atoms with van der Waals surface area (Å²) >= 11 is 0. The number of aliphatic hydroxyl groups excluding tert-OH is 1. The maximum Gasteiger partial charge on any atom is 0.243 e. The number of nitrogens with zero attached hydrogens (tertiary/aromatic N) is 1. The predicted molar refractivity (Wildman–Crippen MR) is 90.9 cm³/mol. The van der Waals surface area contributed by atoms with Crippen LogP contribution in [-0.2, 0) is 15.6 Å². The third kappa shape index (κ3) is 3.32. The van der Waals surface area contributed by atoms with Crippen molar-refractivity contribution in [2.75, 3.05) is 13.1 Å². The Hall–Kier alpha value is -1.80. The van der Waals surface area contributed by atoms with Crippen molar-refractivity contribution >= 4 is 10.0 Å². The molecule has 0 saturated carbocycles. The van der Waals surface area contributed by atoms with Gasteiger partial charge in [-0.3, -0.25) is 0 Å². The first-order valence-corrected chi connectivity index (χ1v) is 9.41. The first-order chi connectivity index (χ1) is 11.7. The molecule has 134 valence electrons. The molecular weight excluding hydrogens is 345 g/mol. The van der Waals surface area contributed by atoms with Crippen LogP contribution in [0.4, 0.5) is 4.39 Å². The van der Waals surface area contributed by atoms with Crippen LogP contribution >= 0.6 is 0 Å². The number of hydrogen-bond acceptors (Lipinski definition) is 4. The molecule has 3 rings (SSSR count). The van der Waals surface area contributed by atoms with Gasteiger partial charge in [-0.15, -0.1) is 0 Å². The number of halogens is 1. The molecule has 0 aliphatic carbocycles. The van der Waals surface area contributed by atoms with Gasteiger partial charge in [0, 0.05) is 13.1 Å². The van der Waals surface area contributed by atoms with E-state index >= 15 is 0 Å². The molecule has 1 aliphatic heterocycles. The fraction of sp³-hybridized carbons (Fsp3) is 0.333.